The Bertz CT molecular complexity index is 1660. The van der Waals surface area contributed by atoms with E-state index in [1.165, 1.54) is 95.2 Å². The molecule has 2 heteroatoms. The smallest absolute Gasteiger partial charge is 0.358 e. The van der Waals surface area contributed by atoms with Gasteiger partial charge >= 0.3 is 25.8 Å². The third-order valence-electron chi connectivity index (χ3n) is 10.6. The summed E-state index contributed by atoms with van der Waals surface area (Å²) in [6, 6.07) is 46.6. The number of fused-ring (bicyclic) bond motifs is 2. The maximum absolute atomic E-state index is 2.68. The first-order valence-electron chi connectivity index (χ1n) is 15.8. The molecule has 6 aromatic rings. The molecule has 0 saturated heterocycles. The van der Waals surface area contributed by atoms with Crippen molar-refractivity contribution in [1.82, 2.24) is 0 Å². The molecule has 2 aliphatic carbocycles. The average Bonchev–Trinajstić information content (AvgIpc) is 3.85. The second-order valence-electron chi connectivity index (χ2n) is 12.7. The van der Waals surface area contributed by atoms with Crippen molar-refractivity contribution in [1.29, 1.82) is 0 Å². The molecule has 0 nitrogen and oxygen atoms in total. The Kier molecular flexibility index (Phi) is 10.1. The van der Waals surface area contributed by atoms with Crippen molar-refractivity contribution in [3.63, 3.8) is 0 Å². The Morgan fingerprint density at radius 1 is 0.477 bits per heavy atom. The summed E-state index contributed by atoms with van der Waals surface area (Å²) in [6.07, 6.45) is 11.2. The summed E-state index contributed by atoms with van der Waals surface area (Å²) in [5.74, 6) is 0. The zero-order chi connectivity index (χ0) is 27.2. The molecule has 0 N–H and O–H groups in total. The van der Waals surface area contributed by atoms with Gasteiger partial charge in [-0.2, -0.15) is 12.1 Å². The van der Waals surface area contributed by atoms with Gasteiger partial charge in [-0.3, -0.25) is 0 Å². The predicted octanol–water partition coefficient (Wildman–Crippen LogP) is 11.1. The SMILES string of the molecule is [CH3-].[CH3-].[Hf+4].c1ccc(-c2cccc3[cH-]c([Si](c4cc5c(-c6ccccc6)cccc5[cH-]4)(C4CCCC4)C4CCCC4)cc23)cc1. The van der Waals surface area contributed by atoms with Gasteiger partial charge in [0, 0.05) is 0 Å². The molecule has 0 amide bonds. The van der Waals surface area contributed by atoms with Gasteiger partial charge in [0.1, 0.15) is 0 Å². The van der Waals surface area contributed by atoms with Crippen LogP contribution in [0.25, 0.3) is 43.8 Å². The first-order chi connectivity index (χ1) is 20.3. The predicted molar refractivity (Wildman–Crippen MR) is 192 cm³/mol. The van der Waals surface area contributed by atoms with E-state index in [4.69, 9.17) is 0 Å². The Hall–Kier alpha value is -2.81. The van der Waals surface area contributed by atoms with Gasteiger partial charge in [0.05, 0.1) is 8.07 Å². The van der Waals surface area contributed by atoms with Gasteiger partial charge in [-0.15, -0.1) is 68.3 Å². The van der Waals surface area contributed by atoms with E-state index in [-0.39, 0.29) is 40.7 Å². The zero-order valence-electron chi connectivity index (χ0n) is 26.4. The van der Waals surface area contributed by atoms with Crippen LogP contribution in [0, 0.1) is 14.9 Å². The zero-order valence-corrected chi connectivity index (χ0v) is 31.0. The van der Waals surface area contributed by atoms with E-state index < -0.39 is 8.07 Å². The number of hydrogen-bond acceptors (Lipinski definition) is 0. The maximum Gasteiger partial charge on any atom is 4.00 e. The average molecular weight is 755 g/mol. The first kappa shape index (κ1) is 32.6. The van der Waals surface area contributed by atoms with Gasteiger partial charge in [0.2, 0.25) is 0 Å². The van der Waals surface area contributed by atoms with Crippen LogP contribution in [0.2, 0.25) is 11.1 Å². The van der Waals surface area contributed by atoms with Crippen LogP contribution in [-0.2, 0) is 25.8 Å². The van der Waals surface area contributed by atoms with Crippen molar-refractivity contribution in [2.45, 2.75) is 62.4 Å². The molecule has 6 aromatic carbocycles. The van der Waals surface area contributed by atoms with Crippen LogP contribution in [-0.4, -0.2) is 8.07 Å². The van der Waals surface area contributed by atoms with Crippen LogP contribution < -0.4 is 10.4 Å². The van der Waals surface area contributed by atoms with Gasteiger partial charge in [0.25, 0.3) is 0 Å². The van der Waals surface area contributed by atoms with Gasteiger partial charge < -0.3 is 14.9 Å². The Morgan fingerprint density at radius 2 is 0.864 bits per heavy atom. The second-order valence-corrected chi connectivity index (χ2v) is 17.2. The van der Waals surface area contributed by atoms with E-state index >= 15 is 0 Å². The summed E-state index contributed by atoms with van der Waals surface area (Å²) in [7, 11) is -2.10. The van der Waals surface area contributed by atoms with E-state index in [1.54, 1.807) is 10.4 Å². The van der Waals surface area contributed by atoms with Crippen molar-refractivity contribution in [3.05, 3.63) is 136 Å². The molecular weight excluding hydrogens is 711 g/mol. The minimum absolute atomic E-state index is 0. The number of benzene rings is 4. The van der Waals surface area contributed by atoms with Gasteiger partial charge in [-0.25, -0.2) is 0 Å². The molecule has 0 aromatic heterocycles. The Balaban J connectivity index is 0.00000128. The summed E-state index contributed by atoms with van der Waals surface area (Å²) in [5.41, 5.74) is 7.09. The van der Waals surface area contributed by atoms with E-state index in [0.717, 1.165) is 11.1 Å². The fourth-order valence-electron chi connectivity index (χ4n) is 8.89. The largest absolute Gasteiger partial charge is 4.00 e. The Morgan fingerprint density at radius 3 is 1.25 bits per heavy atom. The third-order valence-corrected chi connectivity index (χ3v) is 16.8. The normalized spacial score (nSPS) is 15.6. The van der Waals surface area contributed by atoms with Crippen molar-refractivity contribution in [3.8, 4) is 22.3 Å². The van der Waals surface area contributed by atoms with E-state index in [1.807, 2.05) is 0 Å². The third kappa shape index (κ3) is 5.37. The number of hydrogen-bond donors (Lipinski definition) is 0. The minimum atomic E-state index is -2.10. The maximum atomic E-state index is 2.68. The molecule has 0 spiro atoms. The van der Waals surface area contributed by atoms with Gasteiger partial charge in [-0.05, 0) is 22.2 Å². The Labute approximate surface area is 285 Å². The minimum Gasteiger partial charge on any atom is -0.358 e. The summed E-state index contributed by atoms with van der Waals surface area (Å²) in [5, 5.41) is 9.17. The molecule has 44 heavy (non-hydrogen) atoms. The van der Waals surface area contributed by atoms with E-state index in [2.05, 4.69) is 121 Å². The van der Waals surface area contributed by atoms with Crippen LogP contribution >= 0.6 is 0 Å². The van der Waals surface area contributed by atoms with Gasteiger partial charge in [-0.1, -0.05) is 135 Å². The van der Waals surface area contributed by atoms with E-state index in [9.17, 15) is 0 Å². The van der Waals surface area contributed by atoms with Crippen LogP contribution in [0.4, 0.5) is 0 Å². The van der Waals surface area contributed by atoms with Crippen LogP contribution in [0.1, 0.15) is 51.4 Å². The van der Waals surface area contributed by atoms with Crippen LogP contribution in [0.15, 0.2) is 121 Å². The van der Waals surface area contributed by atoms with Gasteiger partial charge in [0.15, 0.2) is 0 Å². The number of rotatable bonds is 6. The molecule has 0 bridgehead atoms. The molecule has 2 saturated carbocycles. The molecule has 0 unspecified atom stereocenters. The molecule has 0 heterocycles. The molecule has 0 radical (unpaired) electrons. The van der Waals surface area contributed by atoms with Crippen molar-refractivity contribution in [2.24, 2.45) is 0 Å². The fraction of sp³-hybridized carbons (Fsp3) is 0.238. The standard InChI is InChI=1S/C40H38Si.2CH3.Hf/c1-3-13-29(14-4-1)37-23-11-17-31-25-35(27-39(31)37)41(33-19-7-8-20-33,34-21-9-10-22-34)36-26-32-18-12-24-38(40(32)28-36)30-15-5-2-6-16-30;;;/h1-6,11-18,23-28,33-34H,7-10,19-22H2;2*1H3;/q-2;2*-1;+4. The van der Waals surface area contributed by atoms with Crippen molar-refractivity contribution >= 4 is 40.0 Å². The summed E-state index contributed by atoms with van der Waals surface area (Å²) < 4.78 is 0. The molecule has 0 atom stereocenters. The molecule has 220 valence electrons. The van der Waals surface area contributed by atoms with E-state index in [0.29, 0.717) is 0 Å². The summed E-state index contributed by atoms with van der Waals surface area (Å²) >= 11 is 0. The summed E-state index contributed by atoms with van der Waals surface area (Å²) in [6.45, 7) is 0. The first-order valence-corrected chi connectivity index (χ1v) is 18.0. The molecule has 2 fully saturated rings. The monoisotopic (exact) mass is 756 g/mol. The van der Waals surface area contributed by atoms with Crippen LogP contribution in [0.3, 0.4) is 0 Å². The quantitative estimate of drug-likeness (QED) is 0.117. The topological polar surface area (TPSA) is 0 Å². The molecule has 0 aliphatic heterocycles. The van der Waals surface area contributed by atoms with Crippen molar-refractivity contribution < 1.29 is 25.8 Å². The fourth-order valence-corrected chi connectivity index (χ4v) is 16.0. The molecule has 2 aliphatic rings. The second kappa shape index (κ2) is 13.7. The summed E-state index contributed by atoms with van der Waals surface area (Å²) in [4.78, 5) is 0. The van der Waals surface area contributed by atoms with Crippen molar-refractivity contribution in [2.75, 3.05) is 0 Å². The molecule has 8 rings (SSSR count). The molecular formula is C42H44HfSi. The van der Waals surface area contributed by atoms with Crippen LogP contribution in [0.5, 0.6) is 0 Å².